The molecule has 0 atom stereocenters. The number of sulfonamides is 1. The van der Waals surface area contributed by atoms with E-state index in [1.165, 1.54) is 30.3 Å². The van der Waals surface area contributed by atoms with Crippen LogP contribution in [0.4, 0.5) is 5.69 Å². The molecule has 0 aliphatic heterocycles. The fraction of sp³-hybridized carbons (Fsp3) is 0.120. The largest absolute Gasteiger partial charge is 0.478 e. The van der Waals surface area contributed by atoms with Crippen molar-refractivity contribution < 1.29 is 55.4 Å². The third kappa shape index (κ3) is 6.00. The van der Waals surface area contributed by atoms with Gasteiger partial charge in [-0.1, -0.05) is 29.8 Å². The summed E-state index contributed by atoms with van der Waals surface area (Å²) in [6.07, 6.45) is 1.30. The second-order valence-electron chi connectivity index (χ2n) is 7.41. The number of carboxylic acids is 1. The first-order valence-electron chi connectivity index (χ1n) is 10.2. The van der Waals surface area contributed by atoms with Gasteiger partial charge in [-0.2, -0.15) is 30.3 Å². The van der Waals surface area contributed by atoms with E-state index in [1.54, 1.807) is 30.3 Å². The van der Waals surface area contributed by atoms with E-state index in [4.69, 9.17) is 4.42 Å². The molecule has 0 saturated carbocycles. The quantitative estimate of drug-likeness (QED) is 0.307. The van der Waals surface area contributed by atoms with E-state index in [0.29, 0.717) is 18.7 Å². The minimum absolute atomic E-state index is 0. The number of oxazole rings is 1. The SMILES string of the molecule is Cc1oc(-c2cc[c-]cc2)nc1CCc1ccc(S(=O)(=O)Nc2ccccc2C(=O)O)cc1.[Y]. The van der Waals surface area contributed by atoms with Gasteiger partial charge in [0, 0.05) is 32.7 Å². The predicted molar refractivity (Wildman–Crippen MR) is 124 cm³/mol. The Bertz CT molecular complexity index is 1380. The Hall–Kier alpha value is -2.81. The Kier molecular flexibility index (Phi) is 8.41. The molecule has 0 unspecified atom stereocenters. The summed E-state index contributed by atoms with van der Waals surface area (Å²) < 4.78 is 33.6. The molecule has 0 bridgehead atoms. The minimum atomic E-state index is -3.93. The van der Waals surface area contributed by atoms with Crippen LogP contribution in [0.1, 0.15) is 27.4 Å². The summed E-state index contributed by atoms with van der Waals surface area (Å²) in [6, 6.07) is 22.7. The zero-order valence-corrected chi connectivity index (χ0v) is 22.0. The van der Waals surface area contributed by atoms with Gasteiger partial charge < -0.3 is 9.52 Å². The standard InChI is InChI=1S/C25H21N2O5S.Y/c1-17-22(26-24(32-17)19-7-3-2-4-8-19)16-13-18-11-14-20(15-12-18)33(30,31)27-23-10-6-5-9-21(23)25(28)29;/h3-12,14-15,27H,13,16H2,1H3,(H,28,29);/q-1;. The normalized spacial score (nSPS) is 11.0. The van der Waals surface area contributed by atoms with Crippen LogP contribution < -0.4 is 4.72 Å². The van der Waals surface area contributed by atoms with Gasteiger partial charge in [0.2, 0.25) is 5.89 Å². The van der Waals surface area contributed by atoms with E-state index >= 15 is 0 Å². The molecule has 0 fully saturated rings. The number of carbonyl (C=O) groups is 1. The predicted octanol–water partition coefficient (Wildman–Crippen LogP) is 4.73. The number of hydrogen-bond acceptors (Lipinski definition) is 5. The third-order valence-electron chi connectivity index (χ3n) is 5.14. The van der Waals surface area contributed by atoms with Crippen molar-refractivity contribution in [3.63, 3.8) is 0 Å². The van der Waals surface area contributed by atoms with Gasteiger partial charge in [-0.05, 0) is 49.6 Å². The van der Waals surface area contributed by atoms with Crippen LogP contribution >= 0.6 is 0 Å². The van der Waals surface area contributed by atoms with E-state index in [9.17, 15) is 18.3 Å². The number of hydrogen-bond donors (Lipinski definition) is 2. The molecule has 1 aromatic heterocycles. The van der Waals surface area contributed by atoms with Gasteiger partial charge >= 0.3 is 5.97 Å². The number of carboxylic acid groups (broad SMARTS) is 1. The van der Waals surface area contributed by atoms with Crippen molar-refractivity contribution in [3.05, 3.63) is 101 Å². The van der Waals surface area contributed by atoms with E-state index in [2.05, 4.69) is 15.8 Å². The average Bonchev–Trinajstić information content (AvgIpc) is 3.19. The molecule has 4 rings (SSSR count). The molecule has 34 heavy (non-hydrogen) atoms. The Morgan fingerprint density at radius 1 is 1.03 bits per heavy atom. The summed E-state index contributed by atoms with van der Waals surface area (Å²) in [7, 11) is -3.93. The van der Waals surface area contributed by atoms with Crippen LogP contribution in [-0.4, -0.2) is 24.5 Å². The molecule has 4 aromatic rings. The van der Waals surface area contributed by atoms with Crippen molar-refractivity contribution >= 4 is 21.7 Å². The van der Waals surface area contributed by atoms with Crippen molar-refractivity contribution in [1.29, 1.82) is 0 Å². The number of anilines is 1. The van der Waals surface area contributed by atoms with Gasteiger partial charge in [0.15, 0.2) is 0 Å². The number of aromatic carboxylic acids is 1. The van der Waals surface area contributed by atoms with Crippen LogP contribution in [0.15, 0.2) is 82.1 Å². The second-order valence-corrected chi connectivity index (χ2v) is 9.09. The topological polar surface area (TPSA) is 110 Å². The Balaban J connectivity index is 0.00000324. The van der Waals surface area contributed by atoms with E-state index in [0.717, 1.165) is 22.6 Å². The smallest absolute Gasteiger partial charge is 0.337 e. The number of aromatic nitrogens is 1. The average molecular weight is 550 g/mol. The number of benzene rings is 3. The molecule has 7 nitrogen and oxygen atoms in total. The zero-order chi connectivity index (χ0) is 23.4. The van der Waals surface area contributed by atoms with E-state index in [-0.39, 0.29) is 48.9 Å². The van der Waals surface area contributed by atoms with Crippen molar-refractivity contribution in [2.45, 2.75) is 24.7 Å². The van der Waals surface area contributed by atoms with Crippen LogP contribution in [0, 0.1) is 13.0 Å². The van der Waals surface area contributed by atoms with Gasteiger partial charge in [-0.15, -0.1) is 0 Å². The van der Waals surface area contributed by atoms with E-state index in [1.807, 2.05) is 19.1 Å². The van der Waals surface area contributed by atoms with Crippen molar-refractivity contribution in [1.82, 2.24) is 4.98 Å². The Morgan fingerprint density at radius 3 is 2.38 bits per heavy atom. The fourth-order valence-corrected chi connectivity index (χ4v) is 4.45. The maximum absolute atomic E-state index is 12.7. The van der Waals surface area contributed by atoms with Crippen molar-refractivity contribution in [2.24, 2.45) is 0 Å². The molecule has 171 valence electrons. The maximum Gasteiger partial charge on any atom is 0.337 e. The molecule has 3 aromatic carbocycles. The molecule has 1 radical (unpaired) electrons. The van der Waals surface area contributed by atoms with Gasteiger partial charge in [-0.3, -0.25) is 4.72 Å². The number of rotatable bonds is 8. The first-order valence-corrected chi connectivity index (χ1v) is 11.7. The molecule has 9 heteroatoms. The van der Waals surface area contributed by atoms with E-state index < -0.39 is 16.0 Å². The van der Waals surface area contributed by atoms with Crippen molar-refractivity contribution in [3.8, 4) is 11.5 Å². The van der Waals surface area contributed by atoms with Crippen LogP contribution in [0.25, 0.3) is 11.5 Å². The number of nitrogens with zero attached hydrogens (tertiary/aromatic N) is 1. The molecule has 0 aliphatic carbocycles. The first kappa shape index (κ1) is 25.8. The van der Waals surface area contributed by atoms with Crippen molar-refractivity contribution in [2.75, 3.05) is 4.72 Å². The molecule has 1 heterocycles. The van der Waals surface area contributed by atoms with Gasteiger partial charge in [-0.25, -0.2) is 18.2 Å². The molecule has 0 aliphatic rings. The number of para-hydroxylation sites is 1. The summed E-state index contributed by atoms with van der Waals surface area (Å²) >= 11 is 0. The zero-order valence-electron chi connectivity index (χ0n) is 18.4. The number of nitrogens with one attached hydrogen (secondary N) is 1. The molecule has 2 N–H and O–H groups in total. The minimum Gasteiger partial charge on any atom is -0.478 e. The van der Waals surface area contributed by atoms with Crippen LogP contribution in [-0.2, 0) is 55.6 Å². The molecular formula is C25H21N2O5SY-. The van der Waals surface area contributed by atoms with Crippen LogP contribution in [0.3, 0.4) is 0 Å². The van der Waals surface area contributed by atoms with Gasteiger partial charge in [0.25, 0.3) is 10.0 Å². The summed E-state index contributed by atoms with van der Waals surface area (Å²) in [4.78, 5) is 16.0. The Labute approximate surface area is 223 Å². The number of aryl methyl sites for hydroxylation is 3. The monoisotopic (exact) mass is 550 g/mol. The molecule has 0 saturated heterocycles. The molecule has 0 spiro atoms. The molecular weight excluding hydrogens is 529 g/mol. The van der Waals surface area contributed by atoms with Gasteiger partial charge in [0.05, 0.1) is 21.8 Å². The van der Waals surface area contributed by atoms with Gasteiger partial charge in [0.1, 0.15) is 5.76 Å². The maximum atomic E-state index is 12.7. The summed E-state index contributed by atoms with van der Waals surface area (Å²) in [5, 5.41) is 9.26. The van der Waals surface area contributed by atoms with Crippen LogP contribution in [0.2, 0.25) is 0 Å². The summed E-state index contributed by atoms with van der Waals surface area (Å²) in [6.45, 7) is 1.87. The Morgan fingerprint density at radius 2 is 1.71 bits per heavy atom. The third-order valence-corrected chi connectivity index (χ3v) is 6.53. The first-order chi connectivity index (χ1) is 15.8. The summed E-state index contributed by atoms with van der Waals surface area (Å²) in [5.41, 5.74) is 2.57. The second kappa shape index (κ2) is 11.1. The van der Waals surface area contributed by atoms with Crippen LogP contribution in [0.5, 0.6) is 0 Å². The summed E-state index contributed by atoms with van der Waals surface area (Å²) in [5.74, 6) is 0.101. The molecule has 0 amide bonds. The fourth-order valence-electron chi connectivity index (χ4n) is 3.37.